The minimum absolute atomic E-state index is 0.228. The molecular weight excluding hydrogens is 203 g/mol. The molecule has 0 saturated carbocycles. The first-order chi connectivity index (χ1) is 6.02. The van der Waals surface area contributed by atoms with Crippen molar-refractivity contribution in [2.45, 2.75) is 57.7 Å². The zero-order valence-electron chi connectivity index (χ0n) is 9.19. The normalized spacial score (nSPS) is 20.8. The molecule has 4 atom stereocenters. The van der Waals surface area contributed by atoms with E-state index in [9.17, 15) is 0 Å². The van der Waals surface area contributed by atoms with Crippen LogP contribution < -0.4 is 0 Å². The van der Waals surface area contributed by atoms with Gasteiger partial charge in [0.1, 0.15) is 0 Å². The smallest absolute Gasteiger partial charge is 0.0378 e. The van der Waals surface area contributed by atoms with Gasteiger partial charge in [0.2, 0.25) is 0 Å². The minimum Gasteiger partial charge on any atom is -0.123 e. The molecule has 80 valence electrons. The molecule has 0 amide bonds. The summed E-state index contributed by atoms with van der Waals surface area (Å²) in [5, 5.41) is 0.462. The van der Waals surface area contributed by atoms with Gasteiger partial charge in [0.25, 0.3) is 0 Å². The molecule has 0 rings (SSSR count). The van der Waals surface area contributed by atoms with E-state index in [1.807, 2.05) is 0 Å². The third-order valence-corrected chi connectivity index (χ3v) is 4.14. The molecule has 0 radical (unpaired) electrons. The first-order valence-corrected chi connectivity index (χ1v) is 6.18. The molecule has 4 unspecified atom stereocenters. The van der Waals surface area contributed by atoms with Crippen LogP contribution in [0.25, 0.3) is 0 Å². The van der Waals surface area contributed by atoms with Crippen LogP contribution in [0.1, 0.15) is 47.0 Å². The van der Waals surface area contributed by atoms with Gasteiger partial charge in [-0.25, -0.2) is 0 Å². The lowest BCUT2D eigenvalue weighted by Crippen LogP contribution is -2.23. The van der Waals surface area contributed by atoms with Crippen LogP contribution in [0.3, 0.4) is 0 Å². The summed E-state index contributed by atoms with van der Waals surface area (Å²) in [6.45, 7) is 8.72. The van der Waals surface area contributed by atoms with Crippen LogP contribution in [0, 0.1) is 11.8 Å². The van der Waals surface area contributed by atoms with Crippen molar-refractivity contribution in [3.63, 3.8) is 0 Å². The molecule has 0 heterocycles. The average Bonchev–Trinajstić information content (AvgIpc) is 2.14. The van der Waals surface area contributed by atoms with Crippen molar-refractivity contribution in [1.82, 2.24) is 0 Å². The number of hydrogen-bond donors (Lipinski definition) is 0. The summed E-state index contributed by atoms with van der Waals surface area (Å²) in [7, 11) is 0. The fourth-order valence-corrected chi connectivity index (χ4v) is 2.09. The van der Waals surface area contributed by atoms with E-state index in [-0.39, 0.29) is 10.8 Å². The maximum atomic E-state index is 6.29. The van der Waals surface area contributed by atoms with E-state index in [0.29, 0.717) is 11.8 Å². The third-order valence-electron chi connectivity index (χ3n) is 2.86. The molecule has 0 aromatic rings. The SMILES string of the molecule is CCC(C)CC(Cl)C(C)C(Cl)CC. The van der Waals surface area contributed by atoms with E-state index < -0.39 is 0 Å². The quantitative estimate of drug-likeness (QED) is 0.575. The van der Waals surface area contributed by atoms with E-state index >= 15 is 0 Å². The molecule has 0 aromatic carbocycles. The van der Waals surface area contributed by atoms with Gasteiger partial charge < -0.3 is 0 Å². The van der Waals surface area contributed by atoms with Crippen molar-refractivity contribution < 1.29 is 0 Å². The first kappa shape index (κ1) is 13.6. The maximum absolute atomic E-state index is 6.29. The monoisotopic (exact) mass is 224 g/mol. The molecular formula is C11H22Cl2. The van der Waals surface area contributed by atoms with Crippen molar-refractivity contribution in [1.29, 1.82) is 0 Å². The summed E-state index contributed by atoms with van der Waals surface area (Å²) < 4.78 is 0. The van der Waals surface area contributed by atoms with E-state index in [1.165, 1.54) is 6.42 Å². The van der Waals surface area contributed by atoms with E-state index in [2.05, 4.69) is 27.7 Å². The third kappa shape index (κ3) is 5.12. The topological polar surface area (TPSA) is 0 Å². The minimum atomic E-state index is 0.228. The summed E-state index contributed by atoms with van der Waals surface area (Å²) in [5.41, 5.74) is 0. The van der Waals surface area contributed by atoms with Gasteiger partial charge in [-0.05, 0) is 24.7 Å². The van der Waals surface area contributed by atoms with Crippen molar-refractivity contribution in [3.05, 3.63) is 0 Å². The van der Waals surface area contributed by atoms with Gasteiger partial charge in [-0.3, -0.25) is 0 Å². The summed E-state index contributed by atoms with van der Waals surface area (Å²) in [6, 6.07) is 0. The van der Waals surface area contributed by atoms with E-state index in [4.69, 9.17) is 23.2 Å². The van der Waals surface area contributed by atoms with Crippen LogP contribution in [0.4, 0.5) is 0 Å². The predicted molar refractivity (Wildman–Crippen MR) is 62.8 cm³/mol. The van der Waals surface area contributed by atoms with Gasteiger partial charge in [0.15, 0.2) is 0 Å². The summed E-state index contributed by atoms with van der Waals surface area (Å²) in [5.74, 6) is 1.13. The molecule has 0 aromatic heterocycles. The Morgan fingerprint density at radius 1 is 0.923 bits per heavy atom. The van der Waals surface area contributed by atoms with Crippen molar-refractivity contribution >= 4 is 23.2 Å². The molecule has 0 aliphatic heterocycles. The van der Waals surface area contributed by atoms with Gasteiger partial charge >= 0.3 is 0 Å². The van der Waals surface area contributed by atoms with Crippen LogP contribution >= 0.6 is 23.2 Å². The molecule has 2 heteroatoms. The Hall–Kier alpha value is 0.580. The molecule has 0 fully saturated rings. The van der Waals surface area contributed by atoms with Crippen LogP contribution in [0.2, 0.25) is 0 Å². The van der Waals surface area contributed by atoms with Crippen LogP contribution in [0.5, 0.6) is 0 Å². The molecule has 13 heavy (non-hydrogen) atoms. The number of rotatable bonds is 6. The Kier molecular flexibility index (Phi) is 7.26. The standard InChI is InChI=1S/C11H22Cl2/c1-5-8(3)7-11(13)9(4)10(12)6-2/h8-11H,5-7H2,1-4H3. The van der Waals surface area contributed by atoms with E-state index in [0.717, 1.165) is 12.8 Å². The van der Waals surface area contributed by atoms with Crippen LogP contribution in [0.15, 0.2) is 0 Å². The van der Waals surface area contributed by atoms with Gasteiger partial charge in [0, 0.05) is 10.8 Å². The van der Waals surface area contributed by atoms with Crippen molar-refractivity contribution in [3.8, 4) is 0 Å². The highest BCUT2D eigenvalue weighted by Gasteiger charge is 2.22. The fraction of sp³-hybridized carbons (Fsp3) is 1.00. The van der Waals surface area contributed by atoms with Crippen LogP contribution in [-0.2, 0) is 0 Å². The Bertz CT molecular complexity index is 125. The summed E-state index contributed by atoms with van der Waals surface area (Å²) in [6.07, 6.45) is 3.30. The second-order valence-electron chi connectivity index (χ2n) is 4.05. The molecule has 0 nitrogen and oxygen atoms in total. The second-order valence-corrected chi connectivity index (χ2v) is 5.17. The lowest BCUT2D eigenvalue weighted by Gasteiger charge is -2.24. The Balaban J connectivity index is 3.87. The molecule has 0 spiro atoms. The van der Waals surface area contributed by atoms with Crippen LogP contribution in [-0.4, -0.2) is 10.8 Å². The average molecular weight is 225 g/mol. The zero-order chi connectivity index (χ0) is 10.4. The zero-order valence-corrected chi connectivity index (χ0v) is 10.7. The van der Waals surface area contributed by atoms with Gasteiger partial charge in [0.05, 0.1) is 0 Å². The Morgan fingerprint density at radius 3 is 1.85 bits per heavy atom. The lowest BCUT2D eigenvalue weighted by atomic mass is 9.93. The number of halogens is 2. The Labute approximate surface area is 93.0 Å². The largest absolute Gasteiger partial charge is 0.123 e. The van der Waals surface area contributed by atoms with Crippen molar-refractivity contribution in [2.24, 2.45) is 11.8 Å². The van der Waals surface area contributed by atoms with Gasteiger partial charge in [-0.15, -0.1) is 23.2 Å². The predicted octanol–water partition coefficient (Wildman–Crippen LogP) is 4.68. The summed E-state index contributed by atoms with van der Waals surface area (Å²) in [4.78, 5) is 0. The summed E-state index contributed by atoms with van der Waals surface area (Å²) >= 11 is 12.4. The number of hydrogen-bond acceptors (Lipinski definition) is 0. The number of alkyl halides is 2. The van der Waals surface area contributed by atoms with Gasteiger partial charge in [-0.2, -0.15) is 0 Å². The fourth-order valence-electron chi connectivity index (χ4n) is 1.36. The molecule has 0 saturated heterocycles. The highest BCUT2D eigenvalue weighted by Crippen LogP contribution is 2.27. The molecule has 0 bridgehead atoms. The maximum Gasteiger partial charge on any atom is 0.0378 e. The second kappa shape index (κ2) is 6.95. The lowest BCUT2D eigenvalue weighted by molar-refractivity contribution is 0.415. The molecule has 0 aliphatic rings. The molecule has 0 N–H and O–H groups in total. The highest BCUT2D eigenvalue weighted by molar-refractivity contribution is 6.23. The van der Waals surface area contributed by atoms with E-state index in [1.54, 1.807) is 0 Å². The van der Waals surface area contributed by atoms with Crippen molar-refractivity contribution in [2.75, 3.05) is 0 Å². The van der Waals surface area contributed by atoms with Gasteiger partial charge in [-0.1, -0.05) is 34.1 Å². The Morgan fingerprint density at radius 2 is 1.46 bits per heavy atom. The highest BCUT2D eigenvalue weighted by atomic mass is 35.5. The molecule has 0 aliphatic carbocycles. The first-order valence-electron chi connectivity index (χ1n) is 5.31.